The molecule has 0 radical (unpaired) electrons. The summed E-state index contributed by atoms with van der Waals surface area (Å²) in [4.78, 5) is 10.1. The lowest BCUT2D eigenvalue weighted by atomic mass is 10.4. The topological polar surface area (TPSA) is 83.5 Å². The molecular formula is C14H28O7. The van der Waals surface area contributed by atoms with E-state index < -0.39 is 5.97 Å². The molecule has 0 bridgehead atoms. The summed E-state index contributed by atoms with van der Waals surface area (Å²) >= 11 is 0. The van der Waals surface area contributed by atoms with Gasteiger partial charge in [-0.25, -0.2) is 4.79 Å². The fourth-order valence-corrected chi connectivity index (χ4v) is 1.29. The van der Waals surface area contributed by atoms with Crippen LogP contribution >= 0.6 is 0 Å². The smallest absolute Gasteiger partial charge is 0.329 e. The van der Waals surface area contributed by atoms with Crippen molar-refractivity contribution >= 4 is 5.97 Å². The predicted octanol–water partition coefficient (Wildman–Crippen LogP) is 0.954. The zero-order valence-corrected chi connectivity index (χ0v) is 12.9. The molecule has 0 aromatic heterocycles. The first-order valence-corrected chi connectivity index (χ1v) is 7.38. The van der Waals surface area contributed by atoms with Crippen molar-refractivity contribution in [1.29, 1.82) is 0 Å². The maximum absolute atomic E-state index is 10.1. The molecule has 0 aliphatic heterocycles. The minimum Gasteiger partial charge on any atom is -0.480 e. The van der Waals surface area contributed by atoms with Crippen LogP contribution in [0.1, 0.15) is 19.8 Å². The van der Waals surface area contributed by atoms with Gasteiger partial charge in [0.25, 0.3) is 0 Å². The van der Waals surface area contributed by atoms with Crippen molar-refractivity contribution in [1.82, 2.24) is 0 Å². The van der Waals surface area contributed by atoms with Crippen LogP contribution in [0, 0.1) is 0 Å². The second-order valence-corrected chi connectivity index (χ2v) is 4.25. The van der Waals surface area contributed by atoms with Crippen molar-refractivity contribution in [2.24, 2.45) is 0 Å². The average molecular weight is 308 g/mol. The molecule has 0 aromatic rings. The summed E-state index contributed by atoms with van der Waals surface area (Å²) in [6.07, 6.45) is 2.23. The van der Waals surface area contributed by atoms with Crippen LogP contribution in [0.4, 0.5) is 0 Å². The van der Waals surface area contributed by atoms with Crippen LogP contribution in [0.2, 0.25) is 0 Å². The highest BCUT2D eigenvalue weighted by atomic mass is 16.6. The van der Waals surface area contributed by atoms with Crippen molar-refractivity contribution in [3.05, 3.63) is 0 Å². The third-order valence-electron chi connectivity index (χ3n) is 2.36. The van der Waals surface area contributed by atoms with E-state index >= 15 is 0 Å². The van der Waals surface area contributed by atoms with Gasteiger partial charge in [0.1, 0.15) is 6.61 Å². The number of rotatable bonds is 17. The Morgan fingerprint density at radius 3 is 1.48 bits per heavy atom. The van der Waals surface area contributed by atoms with Crippen molar-refractivity contribution in [3.63, 3.8) is 0 Å². The second-order valence-electron chi connectivity index (χ2n) is 4.25. The number of carboxylic acids is 1. The molecular weight excluding hydrogens is 280 g/mol. The third kappa shape index (κ3) is 19.3. The third-order valence-corrected chi connectivity index (χ3v) is 2.36. The highest BCUT2D eigenvalue weighted by molar-refractivity contribution is 5.67. The zero-order valence-electron chi connectivity index (χ0n) is 12.9. The van der Waals surface area contributed by atoms with E-state index in [0.29, 0.717) is 46.2 Å². The molecule has 1 N–H and O–H groups in total. The monoisotopic (exact) mass is 308 g/mol. The number of carboxylic acid groups (broad SMARTS) is 1. The molecule has 0 aliphatic rings. The summed E-state index contributed by atoms with van der Waals surface area (Å²) in [7, 11) is 0. The predicted molar refractivity (Wildman–Crippen MR) is 76.6 cm³/mol. The minimum atomic E-state index is -0.978. The van der Waals surface area contributed by atoms with Gasteiger partial charge in [0.2, 0.25) is 0 Å². The SMILES string of the molecule is CCCCOCCOCCOCCOCCOCC(=O)O. The Hall–Kier alpha value is -0.730. The molecule has 0 saturated carbocycles. The zero-order chi connectivity index (χ0) is 15.6. The first-order chi connectivity index (χ1) is 10.3. The van der Waals surface area contributed by atoms with Gasteiger partial charge < -0.3 is 28.8 Å². The Morgan fingerprint density at radius 1 is 0.714 bits per heavy atom. The second kappa shape index (κ2) is 17.3. The van der Waals surface area contributed by atoms with Crippen LogP contribution in [0.25, 0.3) is 0 Å². The highest BCUT2D eigenvalue weighted by Gasteiger charge is 1.96. The molecule has 0 atom stereocenters. The number of hydrogen-bond acceptors (Lipinski definition) is 6. The van der Waals surface area contributed by atoms with Crippen LogP contribution in [-0.4, -0.2) is 77.1 Å². The van der Waals surface area contributed by atoms with E-state index in [1.54, 1.807) is 0 Å². The molecule has 0 rings (SSSR count). The van der Waals surface area contributed by atoms with Gasteiger partial charge >= 0.3 is 5.97 Å². The van der Waals surface area contributed by atoms with Gasteiger partial charge in [-0.05, 0) is 6.42 Å². The first-order valence-electron chi connectivity index (χ1n) is 7.38. The van der Waals surface area contributed by atoms with Crippen molar-refractivity contribution in [3.8, 4) is 0 Å². The molecule has 0 unspecified atom stereocenters. The Balaban J connectivity index is 2.95. The van der Waals surface area contributed by atoms with E-state index in [-0.39, 0.29) is 13.2 Å². The molecule has 7 nitrogen and oxygen atoms in total. The molecule has 7 heteroatoms. The van der Waals surface area contributed by atoms with Crippen LogP contribution in [0.5, 0.6) is 0 Å². The van der Waals surface area contributed by atoms with Gasteiger partial charge in [-0.2, -0.15) is 0 Å². The molecule has 0 heterocycles. The van der Waals surface area contributed by atoms with Gasteiger partial charge in [-0.3, -0.25) is 0 Å². The van der Waals surface area contributed by atoms with E-state index in [1.165, 1.54) is 0 Å². The lowest BCUT2D eigenvalue weighted by molar-refractivity contribution is -0.142. The van der Waals surface area contributed by atoms with Crippen LogP contribution in [0.3, 0.4) is 0 Å². The molecule has 0 saturated heterocycles. The maximum Gasteiger partial charge on any atom is 0.329 e. The Kier molecular flexibility index (Phi) is 16.7. The standard InChI is InChI=1S/C14H28O7/c1-2-3-4-17-5-6-18-7-8-19-9-10-20-11-12-21-13-14(15)16/h2-13H2,1H3,(H,15,16). The van der Waals surface area contributed by atoms with Gasteiger partial charge in [0.15, 0.2) is 0 Å². The lowest BCUT2D eigenvalue weighted by Gasteiger charge is -2.07. The van der Waals surface area contributed by atoms with Crippen molar-refractivity contribution in [2.75, 3.05) is 66.1 Å². The summed E-state index contributed by atoms with van der Waals surface area (Å²) in [5, 5.41) is 8.32. The molecule has 126 valence electrons. The van der Waals surface area contributed by atoms with Gasteiger partial charge in [0, 0.05) is 6.61 Å². The van der Waals surface area contributed by atoms with Gasteiger partial charge in [-0.1, -0.05) is 13.3 Å². The van der Waals surface area contributed by atoms with Crippen molar-refractivity contribution in [2.45, 2.75) is 19.8 Å². The fraction of sp³-hybridized carbons (Fsp3) is 0.929. The van der Waals surface area contributed by atoms with Gasteiger partial charge in [-0.15, -0.1) is 0 Å². The summed E-state index contributed by atoms with van der Waals surface area (Å²) in [6.45, 7) is 6.48. The molecule has 0 aliphatic carbocycles. The number of hydrogen-bond donors (Lipinski definition) is 1. The first kappa shape index (κ1) is 20.3. The van der Waals surface area contributed by atoms with E-state index in [2.05, 4.69) is 6.92 Å². The Bertz CT molecular complexity index is 223. The van der Waals surface area contributed by atoms with Crippen LogP contribution < -0.4 is 0 Å². The fourth-order valence-electron chi connectivity index (χ4n) is 1.29. The number of ether oxygens (including phenoxy) is 5. The summed E-state index contributed by atoms with van der Waals surface area (Å²) in [5.41, 5.74) is 0. The maximum atomic E-state index is 10.1. The lowest BCUT2D eigenvalue weighted by Crippen LogP contribution is -2.14. The van der Waals surface area contributed by atoms with E-state index in [1.807, 2.05) is 0 Å². The quantitative estimate of drug-likeness (QED) is 0.401. The Labute approximate surface area is 126 Å². The summed E-state index contributed by atoms with van der Waals surface area (Å²) in [5.74, 6) is -0.978. The summed E-state index contributed by atoms with van der Waals surface area (Å²) in [6, 6.07) is 0. The molecule has 0 amide bonds. The summed E-state index contributed by atoms with van der Waals surface area (Å²) < 4.78 is 26.0. The van der Waals surface area contributed by atoms with Crippen LogP contribution in [-0.2, 0) is 28.5 Å². The van der Waals surface area contributed by atoms with E-state index in [9.17, 15) is 4.79 Å². The number of unbranched alkanes of at least 4 members (excludes halogenated alkanes) is 1. The normalized spacial score (nSPS) is 10.9. The molecule has 0 aromatic carbocycles. The Morgan fingerprint density at radius 2 is 1.10 bits per heavy atom. The average Bonchev–Trinajstić information content (AvgIpc) is 2.46. The van der Waals surface area contributed by atoms with Crippen molar-refractivity contribution < 1.29 is 33.6 Å². The van der Waals surface area contributed by atoms with Gasteiger partial charge in [0.05, 0.1) is 52.9 Å². The van der Waals surface area contributed by atoms with E-state index in [0.717, 1.165) is 19.4 Å². The van der Waals surface area contributed by atoms with E-state index in [4.69, 9.17) is 28.8 Å². The molecule has 0 fully saturated rings. The van der Waals surface area contributed by atoms with Crippen LogP contribution in [0.15, 0.2) is 0 Å². The molecule has 0 spiro atoms. The minimum absolute atomic E-state index is 0.271. The molecule has 21 heavy (non-hydrogen) atoms. The highest BCUT2D eigenvalue weighted by Crippen LogP contribution is 1.88. The largest absolute Gasteiger partial charge is 0.480 e. The number of aliphatic carboxylic acids is 1. The number of carbonyl (C=O) groups is 1.